The van der Waals surface area contributed by atoms with Crippen molar-refractivity contribution in [1.82, 2.24) is 4.90 Å². The van der Waals surface area contributed by atoms with Gasteiger partial charge in [0, 0.05) is 19.0 Å². The van der Waals surface area contributed by atoms with Gasteiger partial charge in [-0.05, 0) is 45.4 Å². The lowest BCUT2D eigenvalue weighted by Gasteiger charge is -2.33. The van der Waals surface area contributed by atoms with Gasteiger partial charge in [0.1, 0.15) is 0 Å². The van der Waals surface area contributed by atoms with E-state index in [0.29, 0.717) is 45.2 Å². The third kappa shape index (κ3) is 4.34. The first kappa shape index (κ1) is 16.6. The molecule has 2 rings (SSSR count). The average molecular weight is 307 g/mol. The van der Waals surface area contributed by atoms with Gasteiger partial charge in [0.15, 0.2) is 0 Å². The Morgan fingerprint density at radius 3 is 2.57 bits per heavy atom. The summed E-state index contributed by atoms with van der Waals surface area (Å²) in [7, 11) is 0. The molecule has 6 heteroatoms. The number of aliphatic hydroxyl groups is 1. The molecule has 1 heterocycles. The Hall–Kier alpha value is -0.780. The van der Waals surface area contributed by atoms with Gasteiger partial charge < -0.3 is 10.0 Å². The summed E-state index contributed by atoms with van der Waals surface area (Å²) in [5.41, 5.74) is -0.768. The highest BCUT2D eigenvalue weighted by atomic mass is 19.4. The topological polar surface area (TPSA) is 40.5 Å². The van der Waals surface area contributed by atoms with Crippen LogP contribution in [0.5, 0.6) is 0 Å². The minimum absolute atomic E-state index is 0.0742. The van der Waals surface area contributed by atoms with Crippen LogP contribution < -0.4 is 0 Å². The molecule has 2 fully saturated rings. The van der Waals surface area contributed by atoms with E-state index in [1.807, 2.05) is 0 Å². The Morgan fingerprint density at radius 1 is 1.19 bits per heavy atom. The van der Waals surface area contributed by atoms with Crippen LogP contribution in [0.25, 0.3) is 0 Å². The monoisotopic (exact) mass is 307 g/mol. The predicted molar refractivity (Wildman–Crippen MR) is 72.6 cm³/mol. The van der Waals surface area contributed by atoms with E-state index >= 15 is 0 Å². The minimum Gasteiger partial charge on any atom is -0.390 e. The fourth-order valence-corrected chi connectivity index (χ4v) is 3.45. The molecule has 21 heavy (non-hydrogen) atoms. The van der Waals surface area contributed by atoms with Crippen molar-refractivity contribution in [2.75, 3.05) is 13.1 Å². The second kappa shape index (κ2) is 6.15. The van der Waals surface area contributed by atoms with Crippen LogP contribution in [0.2, 0.25) is 0 Å². The molecule has 3 nitrogen and oxygen atoms in total. The molecule has 2 aliphatic rings. The van der Waals surface area contributed by atoms with Crippen molar-refractivity contribution in [3.05, 3.63) is 0 Å². The van der Waals surface area contributed by atoms with E-state index in [1.54, 1.807) is 11.8 Å². The zero-order valence-corrected chi connectivity index (χ0v) is 12.5. The molecular formula is C15H24F3NO2. The molecule has 0 bridgehead atoms. The molecule has 1 amide bonds. The van der Waals surface area contributed by atoms with E-state index in [2.05, 4.69) is 0 Å². The van der Waals surface area contributed by atoms with Gasteiger partial charge >= 0.3 is 6.18 Å². The first-order chi connectivity index (χ1) is 9.69. The molecule has 1 N–H and O–H groups in total. The Morgan fingerprint density at radius 2 is 1.90 bits per heavy atom. The van der Waals surface area contributed by atoms with Gasteiger partial charge in [0.25, 0.3) is 0 Å². The summed E-state index contributed by atoms with van der Waals surface area (Å²) < 4.78 is 38.5. The lowest BCUT2D eigenvalue weighted by Crippen LogP contribution is -2.41. The molecule has 0 spiro atoms. The zero-order chi connectivity index (χ0) is 15.7. The number of hydrogen-bond donors (Lipinski definition) is 1. The molecule has 0 radical (unpaired) electrons. The van der Waals surface area contributed by atoms with Crippen LogP contribution in [0.3, 0.4) is 0 Å². The van der Waals surface area contributed by atoms with Crippen molar-refractivity contribution < 1.29 is 23.1 Å². The smallest absolute Gasteiger partial charge is 0.390 e. The first-order valence-electron chi connectivity index (χ1n) is 7.77. The standard InChI is InChI=1S/C15H24F3NO2/c1-14(21)6-3-8-19(9-7-14)13(20)11-4-2-5-12(10-11)15(16,17)18/h11-12,21H,2-10H2,1H3. The Bertz CT molecular complexity index is 382. The van der Waals surface area contributed by atoms with Gasteiger partial charge in [0.05, 0.1) is 11.5 Å². The third-order valence-corrected chi connectivity index (χ3v) is 4.86. The molecule has 0 aromatic rings. The zero-order valence-electron chi connectivity index (χ0n) is 12.5. The second-order valence-electron chi connectivity index (χ2n) is 6.78. The van der Waals surface area contributed by atoms with Gasteiger partial charge in [0.2, 0.25) is 5.91 Å². The van der Waals surface area contributed by atoms with Crippen LogP contribution in [0.4, 0.5) is 13.2 Å². The summed E-state index contributed by atoms with van der Waals surface area (Å²) in [5.74, 6) is -2.00. The number of carbonyl (C=O) groups excluding carboxylic acids is 1. The predicted octanol–water partition coefficient (Wildman–Crippen LogP) is 3.12. The molecule has 3 atom stereocenters. The lowest BCUT2D eigenvalue weighted by atomic mass is 9.80. The maximum absolute atomic E-state index is 12.8. The summed E-state index contributed by atoms with van der Waals surface area (Å²) in [6.07, 6.45) is -1.28. The van der Waals surface area contributed by atoms with Crippen LogP contribution in [-0.2, 0) is 4.79 Å². The van der Waals surface area contributed by atoms with E-state index in [4.69, 9.17) is 0 Å². The minimum atomic E-state index is -4.19. The number of rotatable bonds is 1. The first-order valence-corrected chi connectivity index (χ1v) is 7.77. The molecule has 1 aliphatic heterocycles. The van der Waals surface area contributed by atoms with Crippen LogP contribution in [-0.4, -0.2) is 40.8 Å². The van der Waals surface area contributed by atoms with Crippen molar-refractivity contribution in [1.29, 1.82) is 0 Å². The molecule has 1 aliphatic carbocycles. The molecule has 3 unspecified atom stereocenters. The number of carbonyl (C=O) groups is 1. The van der Waals surface area contributed by atoms with Crippen LogP contribution in [0.1, 0.15) is 51.9 Å². The van der Waals surface area contributed by atoms with Crippen molar-refractivity contribution in [3.8, 4) is 0 Å². The number of alkyl halides is 3. The molecule has 0 aromatic carbocycles. The third-order valence-electron chi connectivity index (χ3n) is 4.86. The van der Waals surface area contributed by atoms with Gasteiger partial charge in [-0.25, -0.2) is 0 Å². The van der Waals surface area contributed by atoms with E-state index in [0.717, 1.165) is 0 Å². The highest BCUT2D eigenvalue weighted by Gasteiger charge is 2.44. The summed E-state index contributed by atoms with van der Waals surface area (Å²) in [4.78, 5) is 14.1. The highest BCUT2D eigenvalue weighted by Crippen LogP contribution is 2.40. The average Bonchev–Trinajstić information content (AvgIpc) is 2.58. The molecule has 0 aromatic heterocycles. The van der Waals surface area contributed by atoms with Gasteiger partial charge in [-0.15, -0.1) is 0 Å². The van der Waals surface area contributed by atoms with E-state index in [1.165, 1.54) is 0 Å². The summed E-state index contributed by atoms with van der Waals surface area (Å²) in [6.45, 7) is 2.74. The van der Waals surface area contributed by atoms with Crippen molar-refractivity contribution in [3.63, 3.8) is 0 Å². The Kier molecular flexibility index (Phi) is 4.85. The summed E-state index contributed by atoms with van der Waals surface area (Å²) in [5, 5.41) is 10.0. The fraction of sp³-hybridized carbons (Fsp3) is 0.933. The second-order valence-corrected chi connectivity index (χ2v) is 6.78. The molecular weight excluding hydrogens is 283 g/mol. The molecule has 1 saturated carbocycles. The van der Waals surface area contributed by atoms with E-state index in [9.17, 15) is 23.1 Å². The number of amides is 1. The molecule has 1 saturated heterocycles. The quantitative estimate of drug-likeness (QED) is 0.808. The van der Waals surface area contributed by atoms with E-state index < -0.39 is 23.6 Å². The normalized spacial score (nSPS) is 35.4. The van der Waals surface area contributed by atoms with Crippen LogP contribution >= 0.6 is 0 Å². The summed E-state index contributed by atoms with van der Waals surface area (Å²) in [6, 6.07) is 0. The number of halogens is 3. The maximum Gasteiger partial charge on any atom is 0.391 e. The Labute approximate surface area is 123 Å². The van der Waals surface area contributed by atoms with Gasteiger partial charge in [-0.3, -0.25) is 4.79 Å². The van der Waals surface area contributed by atoms with E-state index in [-0.39, 0.29) is 18.7 Å². The lowest BCUT2D eigenvalue weighted by molar-refractivity contribution is -0.187. The maximum atomic E-state index is 12.8. The fourth-order valence-electron chi connectivity index (χ4n) is 3.45. The largest absolute Gasteiger partial charge is 0.391 e. The Balaban J connectivity index is 1.96. The van der Waals surface area contributed by atoms with Crippen molar-refractivity contribution in [2.45, 2.75) is 63.6 Å². The highest BCUT2D eigenvalue weighted by molar-refractivity contribution is 5.79. The summed E-state index contributed by atoms with van der Waals surface area (Å²) >= 11 is 0. The SMILES string of the molecule is CC1(O)CCCN(C(=O)C2CCCC(C(F)(F)F)C2)CC1. The number of nitrogens with zero attached hydrogens (tertiary/aromatic N) is 1. The number of hydrogen-bond acceptors (Lipinski definition) is 2. The van der Waals surface area contributed by atoms with Gasteiger partial charge in [-0.1, -0.05) is 6.42 Å². The van der Waals surface area contributed by atoms with Crippen molar-refractivity contribution in [2.24, 2.45) is 11.8 Å². The van der Waals surface area contributed by atoms with Crippen LogP contribution in [0.15, 0.2) is 0 Å². The molecule has 122 valence electrons. The van der Waals surface area contributed by atoms with Gasteiger partial charge in [-0.2, -0.15) is 13.2 Å². The number of likely N-dealkylation sites (tertiary alicyclic amines) is 1. The van der Waals surface area contributed by atoms with Crippen molar-refractivity contribution >= 4 is 5.91 Å². The van der Waals surface area contributed by atoms with Crippen LogP contribution in [0, 0.1) is 11.8 Å².